The average Bonchev–Trinajstić information content (AvgIpc) is 3.62. The molecule has 0 fully saturated rings. The van der Waals surface area contributed by atoms with E-state index in [9.17, 15) is 0 Å². The molecule has 0 bridgehead atoms. The number of fused-ring (bicyclic) bond motifs is 8. The molecule has 54 heavy (non-hydrogen) atoms. The minimum Gasteiger partial charge on any atom is -0.455 e. The van der Waals surface area contributed by atoms with Crippen LogP contribution in [0.4, 0.5) is 0 Å². The highest BCUT2D eigenvalue weighted by molar-refractivity contribution is 6.15. The topological polar surface area (TPSA) is 51.8 Å². The minimum atomic E-state index is -0.0396. The molecule has 2 aromatic heterocycles. The van der Waals surface area contributed by atoms with Crippen LogP contribution in [0.3, 0.4) is 0 Å². The molecule has 0 amide bonds. The van der Waals surface area contributed by atoms with Gasteiger partial charge in [0, 0.05) is 38.5 Å². The first-order chi connectivity index (χ1) is 26.6. The summed E-state index contributed by atoms with van der Waals surface area (Å²) in [6, 6.07) is 47.1. The van der Waals surface area contributed by atoms with E-state index in [0.29, 0.717) is 17.5 Å². The first kappa shape index (κ1) is 30.7. The Morgan fingerprint density at radius 1 is 0.556 bits per heavy atom. The molecular formula is C50H33N3O. The lowest BCUT2D eigenvalue weighted by Crippen LogP contribution is -2.19. The van der Waals surface area contributed by atoms with E-state index in [4.69, 9.17) is 19.4 Å². The van der Waals surface area contributed by atoms with E-state index < -0.39 is 0 Å². The zero-order chi connectivity index (χ0) is 35.8. The number of benzene rings is 7. The van der Waals surface area contributed by atoms with Crippen LogP contribution in [0.15, 0.2) is 180 Å². The van der Waals surface area contributed by atoms with E-state index >= 15 is 0 Å². The van der Waals surface area contributed by atoms with Crippen LogP contribution in [0.25, 0.3) is 93.7 Å². The number of hydrogen-bond donors (Lipinski definition) is 0. The Balaban J connectivity index is 1.11. The number of allylic oxidation sites excluding steroid dienone is 8. The van der Waals surface area contributed by atoms with Gasteiger partial charge in [0.25, 0.3) is 0 Å². The first-order valence-electron chi connectivity index (χ1n) is 18.5. The maximum Gasteiger partial charge on any atom is 0.164 e. The molecule has 7 aromatic carbocycles. The molecule has 9 aromatic rings. The van der Waals surface area contributed by atoms with E-state index in [1.165, 1.54) is 32.5 Å². The van der Waals surface area contributed by atoms with Crippen LogP contribution in [-0.2, 0) is 0 Å². The summed E-state index contributed by atoms with van der Waals surface area (Å²) in [6.45, 7) is 2.28. The van der Waals surface area contributed by atoms with Crippen LogP contribution in [0.2, 0.25) is 0 Å². The Kier molecular flexibility index (Phi) is 6.71. The molecular weight excluding hydrogens is 659 g/mol. The predicted molar refractivity (Wildman–Crippen MR) is 223 cm³/mol. The van der Waals surface area contributed by atoms with Crippen LogP contribution in [0.1, 0.15) is 19.2 Å². The fraction of sp³-hybridized carbons (Fsp3) is 0.0600. The van der Waals surface area contributed by atoms with Gasteiger partial charge in [-0.05, 0) is 74.1 Å². The summed E-state index contributed by atoms with van der Waals surface area (Å²) >= 11 is 0. The van der Waals surface area contributed by atoms with Crippen molar-refractivity contribution in [2.45, 2.75) is 13.3 Å². The van der Waals surface area contributed by atoms with Crippen molar-refractivity contribution in [2.24, 2.45) is 5.41 Å². The number of para-hydroxylation sites is 1. The number of aromatic nitrogens is 3. The molecule has 2 aliphatic carbocycles. The van der Waals surface area contributed by atoms with E-state index in [1.54, 1.807) is 0 Å². The molecule has 4 heteroatoms. The molecule has 1 atom stereocenters. The summed E-state index contributed by atoms with van der Waals surface area (Å²) < 4.78 is 6.72. The van der Waals surface area contributed by atoms with Gasteiger partial charge in [0.1, 0.15) is 11.2 Å². The van der Waals surface area contributed by atoms with Crippen molar-refractivity contribution < 1.29 is 4.42 Å². The van der Waals surface area contributed by atoms with Crippen LogP contribution < -0.4 is 0 Å². The lowest BCUT2D eigenvalue weighted by atomic mass is 9.73. The summed E-state index contributed by atoms with van der Waals surface area (Å²) in [5.74, 6) is 1.91. The van der Waals surface area contributed by atoms with Gasteiger partial charge in [-0.2, -0.15) is 0 Å². The van der Waals surface area contributed by atoms with Crippen molar-refractivity contribution in [1.82, 2.24) is 15.0 Å². The third-order valence-electron chi connectivity index (χ3n) is 11.3. The average molecular weight is 692 g/mol. The second-order valence-electron chi connectivity index (χ2n) is 14.7. The fourth-order valence-electron chi connectivity index (χ4n) is 8.34. The number of furan rings is 1. The summed E-state index contributed by atoms with van der Waals surface area (Å²) in [5, 5.41) is 9.24. The molecule has 2 aliphatic rings. The second kappa shape index (κ2) is 11.8. The normalized spacial score (nSPS) is 16.7. The van der Waals surface area contributed by atoms with Crippen molar-refractivity contribution in [1.29, 1.82) is 0 Å². The zero-order valence-corrected chi connectivity index (χ0v) is 29.6. The fourth-order valence-corrected chi connectivity index (χ4v) is 8.34. The van der Waals surface area contributed by atoms with E-state index in [2.05, 4.69) is 165 Å². The van der Waals surface area contributed by atoms with Gasteiger partial charge >= 0.3 is 0 Å². The van der Waals surface area contributed by atoms with Gasteiger partial charge < -0.3 is 4.42 Å². The van der Waals surface area contributed by atoms with Gasteiger partial charge in [-0.3, -0.25) is 0 Å². The van der Waals surface area contributed by atoms with Crippen molar-refractivity contribution in [3.05, 3.63) is 181 Å². The highest BCUT2D eigenvalue weighted by Gasteiger charge is 2.29. The Morgan fingerprint density at radius 2 is 1.26 bits per heavy atom. The molecule has 0 N–H and O–H groups in total. The van der Waals surface area contributed by atoms with E-state index in [0.717, 1.165) is 61.6 Å². The first-order valence-corrected chi connectivity index (χ1v) is 18.5. The molecule has 11 rings (SSSR count). The van der Waals surface area contributed by atoms with Gasteiger partial charge in [0.05, 0.1) is 0 Å². The molecule has 0 saturated heterocycles. The summed E-state index contributed by atoms with van der Waals surface area (Å²) in [7, 11) is 0. The van der Waals surface area contributed by atoms with Gasteiger partial charge in [0.15, 0.2) is 17.5 Å². The standard InChI is InChI=1S/C50H33N3O/c1-50-26-7-6-13-38(50)30-37(25-27-50)48-51-47(36-23-24-40-34(29-36)22-20-32-11-4-5-14-39(32)40)52-49(53-48)43-17-9-18-44-45(43)42-16-8-15-41(46(42)54-44)35-21-19-31-10-2-3-12-33(31)28-35/h2-26,28-30H,27H2,1H3. The summed E-state index contributed by atoms with van der Waals surface area (Å²) in [4.78, 5) is 15.7. The molecule has 0 saturated carbocycles. The third kappa shape index (κ3) is 4.87. The minimum absolute atomic E-state index is 0.0396. The van der Waals surface area contributed by atoms with Crippen LogP contribution in [0.5, 0.6) is 0 Å². The number of nitrogens with zero attached hydrogens (tertiary/aromatic N) is 3. The number of rotatable bonds is 4. The molecule has 254 valence electrons. The Bertz CT molecular complexity index is 3160. The lowest BCUT2D eigenvalue weighted by molar-refractivity contribution is 0.528. The Labute approximate surface area is 312 Å². The summed E-state index contributed by atoms with van der Waals surface area (Å²) in [6.07, 6.45) is 14.1. The summed E-state index contributed by atoms with van der Waals surface area (Å²) in [5.41, 5.74) is 7.89. The monoisotopic (exact) mass is 691 g/mol. The van der Waals surface area contributed by atoms with E-state index in [1.807, 2.05) is 12.1 Å². The molecule has 0 spiro atoms. The largest absolute Gasteiger partial charge is 0.455 e. The maximum absolute atomic E-state index is 6.72. The zero-order valence-electron chi connectivity index (χ0n) is 29.6. The van der Waals surface area contributed by atoms with E-state index in [-0.39, 0.29) is 5.41 Å². The van der Waals surface area contributed by atoms with Gasteiger partial charge in [-0.25, -0.2) is 15.0 Å². The predicted octanol–water partition coefficient (Wildman–Crippen LogP) is 13.1. The highest BCUT2D eigenvalue weighted by atomic mass is 16.3. The van der Waals surface area contributed by atoms with Crippen molar-refractivity contribution in [3.8, 4) is 33.9 Å². The molecule has 2 heterocycles. The maximum atomic E-state index is 6.72. The highest BCUT2D eigenvalue weighted by Crippen LogP contribution is 2.44. The van der Waals surface area contributed by atoms with Gasteiger partial charge in [0.2, 0.25) is 0 Å². The number of hydrogen-bond acceptors (Lipinski definition) is 4. The van der Waals surface area contributed by atoms with Crippen LogP contribution in [0, 0.1) is 5.41 Å². The molecule has 1 unspecified atom stereocenters. The smallest absolute Gasteiger partial charge is 0.164 e. The quantitative estimate of drug-likeness (QED) is 0.172. The van der Waals surface area contributed by atoms with Crippen molar-refractivity contribution in [3.63, 3.8) is 0 Å². The second-order valence-corrected chi connectivity index (χ2v) is 14.7. The third-order valence-corrected chi connectivity index (χ3v) is 11.3. The van der Waals surface area contributed by atoms with Crippen molar-refractivity contribution in [2.75, 3.05) is 0 Å². The molecule has 0 aliphatic heterocycles. The van der Waals surface area contributed by atoms with Crippen LogP contribution in [-0.4, -0.2) is 15.0 Å². The Morgan fingerprint density at radius 3 is 2.20 bits per heavy atom. The molecule has 4 nitrogen and oxygen atoms in total. The van der Waals surface area contributed by atoms with Gasteiger partial charge in [-0.1, -0.05) is 153 Å². The van der Waals surface area contributed by atoms with Crippen molar-refractivity contribution >= 4 is 59.8 Å². The lowest BCUT2D eigenvalue weighted by Gasteiger charge is -2.31. The SMILES string of the molecule is CC12C=CC=CC1=CC(c1nc(-c3ccc4c(ccc5ccccc54)c3)nc(-c3cccc4oc5c(-c6ccc7ccccc7c6)cccc5c34)n1)=CC2. The van der Waals surface area contributed by atoms with Crippen LogP contribution >= 0.6 is 0 Å². The molecule has 0 radical (unpaired) electrons. The Hall–Kier alpha value is -6.91. The van der Waals surface area contributed by atoms with Gasteiger partial charge in [-0.15, -0.1) is 0 Å².